The van der Waals surface area contributed by atoms with E-state index in [4.69, 9.17) is 4.74 Å². The minimum atomic E-state index is 0.645. The summed E-state index contributed by atoms with van der Waals surface area (Å²) in [6.07, 6.45) is 5.39. The van der Waals surface area contributed by atoms with Crippen LogP contribution in [0.4, 0.5) is 11.5 Å². The van der Waals surface area contributed by atoms with Gasteiger partial charge in [0.05, 0.1) is 35.1 Å². The molecule has 1 aliphatic heterocycles. The van der Waals surface area contributed by atoms with Crippen molar-refractivity contribution in [3.05, 3.63) is 46.8 Å². The molecule has 0 atom stereocenters. The van der Waals surface area contributed by atoms with Crippen LogP contribution in [0.25, 0.3) is 5.52 Å². The fraction of sp³-hybridized carbons (Fsp3) is 0.312. The Morgan fingerprint density at radius 1 is 1.21 bits per heavy atom. The second-order valence-electron chi connectivity index (χ2n) is 5.54. The fourth-order valence-electron chi connectivity index (χ4n) is 2.78. The highest BCUT2D eigenvalue weighted by Crippen LogP contribution is 2.28. The fourth-order valence-corrected chi connectivity index (χ4v) is 3.24. The molecular weight excluding hydrogens is 372 g/mol. The normalized spacial score (nSPS) is 15.0. The van der Waals surface area contributed by atoms with Crippen molar-refractivity contribution in [2.24, 2.45) is 0 Å². The van der Waals surface area contributed by atoms with Gasteiger partial charge in [-0.3, -0.25) is 0 Å². The third kappa shape index (κ3) is 3.07. The summed E-state index contributed by atoms with van der Waals surface area (Å²) in [5.74, 6) is 0.836. The van der Waals surface area contributed by atoms with Gasteiger partial charge in [0.2, 0.25) is 0 Å². The molecule has 4 rings (SSSR count). The zero-order valence-corrected chi connectivity index (χ0v) is 14.6. The largest absolute Gasteiger partial charge is 0.378 e. The molecule has 1 fully saturated rings. The van der Waals surface area contributed by atoms with E-state index in [2.05, 4.69) is 47.4 Å². The summed E-state index contributed by atoms with van der Waals surface area (Å²) in [4.78, 5) is 6.76. The van der Waals surface area contributed by atoms with Crippen molar-refractivity contribution < 1.29 is 4.74 Å². The van der Waals surface area contributed by atoms with Gasteiger partial charge < -0.3 is 15.0 Å². The van der Waals surface area contributed by atoms with Crippen LogP contribution in [0.5, 0.6) is 0 Å². The predicted molar refractivity (Wildman–Crippen MR) is 95.3 cm³/mol. The smallest absolute Gasteiger partial charge is 0.128 e. The van der Waals surface area contributed by atoms with Gasteiger partial charge in [-0.15, -0.1) is 0 Å². The van der Waals surface area contributed by atoms with Crippen molar-refractivity contribution in [3.8, 4) is 0 Å². The second-order valence-corrected chi connectivity index (χ2v) is 6.40. The number of anilines is 2. The molecule has 4 heterocycles. The van der Waals surface area contributed by atoms with Crippen molar-refractivity contribution in [2.45, 2.75) is 6.54 Å². The first-order valence-corrected chi connectivity index (χ1v) is 8.60. The van der Waals surface area contributed by atoms with Crippen LogP contribution in [0.1, 0.15) is 5.56 Å². The van der Waals surface area contributed by atoms with E-state index < -0.39 is 0 Å². The quantitative estimate of drug-likeness (QED) is 0.739. The number of nitrogens with one attached hydrogen (secondary N) is 1. The molecule has 0 bridgehead atoms. The summed E-state index contributed by atoms with van der Waals surface area (Å²) in [6, 6.07) is 5.99. The van der Waals surface area contributed by atoms with Gasteiger partial charge in [0.1, 0.15) is 5.82 Å². The lowest BCUT2D eigenvalue weighted by Gasteiger charge is -2.29. The van der Waals surface area contributed by atoms with E-state index in [1.54, 1.807) is 10.8 Å². The molecule has 3 aromatic heterocycles. The third-order valence-electron chi connectivity index (χ3n) is 4.03. The summed E-state index contributed by atoms with van der Waals surface area (Å²) >= 11 is 3.59. The maximum absolute atomic E-state index is 5.43. The number of hydrogen-bond donors (Lipinski definition) is 1. The van der Waals surface area contributed by atoms with Crippen LogP contribution in [0.15, 0.2) is 41.3 Å². The van der Waals surface area contributed by atoms with Crippen LogP contribution >= 0.6 is 15.9 Å². The van der Waals surface area contributed by atoms with Crippen molar-refractivity contribution in [3.63, 3.8) is 0 Å². The molecule has 0 amide bonds. The molecule has 1 saturated heterocycles. The molecule has 0 spiro atoms. The highest BCUT2D eigenvalue weighted by atomic mass is 79.9. The first-order chi connectivity index (χ1) is 11.8. The van der Waals surface area contributed by atoms with Crippen LogP contribution in [-0.2, 0) is 11.3 Å². The molecule has 24 heavy (non-hydrogen) atoms. The van der Waals surface area contributed by atoms with E-state index in [1.807, 2.05) is 24.5 Å². The Labute approximate surface area is 147 Å². The lowest BCUT2D eigenvalue weighted by atomic mass is 10.2. The number of halogens is 1. The third-order valence-corrected chi connectivity index (χ3v) is 4.64. The number of nitrogens with zero attached hydrogens (tertiary/aromatic N) is 5. The number of morpholine rings is 1. The Hall–Kier alpha value is -2.19. The molecule has 0 aliphatic carbocycles. The van der Waals surface area contributed by atoms with Crippen molar-refractivity contribution in [2.75, 3.05) is 36.5 Å². The average Bonchev–Trinajstić information content (AvgIpc) is 3.05. The number of aromatic nitrogens is 4. The van der Waals surface area contributed by atoms with E-state index >= 15 is 0 Å². The zero-order chi connectivity index (χ0) is 16.4. The lowest BCUT2D eigenvalue weighted by molar-refractivity contribution is 0.122. The predicted octanol–water partition coefficient (Wildman–Crippen LogP) is 2.34. The standard InChI is InChI=1S/C16H17BrN6O/c17-13-11-19-16(8-15(13)22-4-6-24-7-5-22)18-9-12-10-21-23-14(12)2-1-3-20-23/h1-3,8,10-11H,4-7,9H2,(H,18,19). The summed E-state index contributed by atoms with van der Waals surface area (Å²) in [5, 5.41) is 11.8. The van der Waals surface area contributed by atoms with Gasteiger partial charge in [0.25, 0.3) is 0 Å². The topological polar surface area (TPSA) is 67.6 Å². The maximum Gasteiger partial charge on any atom is 0.128 e. The Balaban J connectivity index is 1.52. The lowest BCUT2D eigenvalue weighted by Crippen LogP contribution is -2.36. The van der Waals surface area contributed by atoms with Crippen molar-refractivity contribution in [1.29, 1.82) is 0 Å². The van der Waals surface area contributed by atoms with Crippen molar-refractivity contribution >= 4 is 33.0 Å². The van der Waals surface area contributed by atoms with Gasteiger partial charge >= 0.3 is 0 Å². The summed E-state index contributed by atoms with van der Waals surface area (Å²) in [5.41, 5.74) is 3.22. The Morgan fingerprint density at radius 2 is 2.08 bits per heavy atom. The molecule has 7 nitrogen and oxygen atoms in total. The van der Waals surface area contributed by atoms with Crippen LogP contribution in [-0.4, -0.2) is 46.1 Å². The number of fused-ring (bicyclic) bond motifs is 1. The van der Waals surface area contributed by atoms with E-state index in [1.165, 1.54) is 0 Å². The molecule has 0 unspecified atom stereocenters. The number of rotatable bonds is 4. The molecule has 8 heteroatoms. The van der Waals surface area contributed by atoms with Gasteiger partial charge in [0, 0.05) is 43.7 Å². The van der Waals surface area contributed by atoms with Gasteiger partial charge in [-0.1, -0.05) is 0 Å². The zero-order valence-electron chi connectivity index (χ0n) is 13.0. The van der Waals surface area contributed by atoms with Gasteiger partial charge in [-0.2, -0.15) is 14.8 Å². The highest BCUT2D eigenvalue weighted by Gasteiger charge is 2.15. The Kier molecular flexibility index (Phi) is 4.31. The number of hydrogen-bond acceptors (Lipinski definition) is 6. The van der Waals surface area contributed by atoms with Gasteiger partial charge in [-0.05, 0) is 28.1 Å². The van der Waals surface area contributed by atoms with E-state index in [-0.39, 0.29) is 0 Å². The second kappa shape index (κ2) is 6.74. The Bertz CT molecular complexity index is 845. The first kappa shape index (κ1) is 15.3. The SMILES string of the molecule is Brc1cnc(NCc2cnn3ncccc23)cc1N1CCOCC1. The minimum Gasteiger partial charge on any atom is -0.378 e. The molecule has 1 N–H and O–H groups in total. The van der Waals surface area contributed by atoms with Crippen LogP contribution in [0, 0.1) is 0 Å². The molecule has 0 saturated carbocycles. The molecule has 1 aliphatic rings. The summed E-state index contributed by atoms with van der Waals surface area (Å²) in [7, 11) is 0. The molecule has 124 valence electrons. The Morgan fingerprint density at radius 3 is 2.96 bits per heavy atom. The monoisotopic (exact) mass is 388 g/mol. The van der Waals surface area contributed by atoms with Crippen LogP contribution < -0.4 is 10.2 Å². The molecule has 0 radical (unpaired) electrons. The molecular formula is C16H17BrN6O. The van der Waals surface area contributed by atoms with E-state index in [0.29, 0.717) is 6.54 Å². The van der Waals surface area contributed by atoms with Gasteiger partial charge in [0.15, 0.2) is 0 Å². The van der Waals surface area contributed by atoms with E-state index in [9.17, 15) is 0 Å². The summed E-state index contributed by atoms with van der Waals surface area (Å²) < 4.78 is 8.05. The number of ether oxygens (including phenoxy) is 1. The molecule has 0 aromatic carbocycles. The highest BCUT2D eigenvalue weighted by molar-refractivity contribution is 9.10. The van der Waals surface area contributed by atoms with E-state index in [0.717, 1.165) is 53.4 Å². The average molecular weight is 389 g/mol. The molecule has 3 aromatic rings. The summed E-state index contributed by atoms with van der Waals surface area (Å²) in [6.45, 7) is 3.94. The van der Waals surface area contributed by atoms with Crippen LogP contribution in [0.3, 0.4) is 0 Å². The first-order valence-electron chi connectivity index (χ1n) is 7.81. The minimum absolute atomic E-state index is 0.645. The number of pyridine rings is 1. The van der Waals surface area contributed by atoms with Crippen molar-refractivity contribution in [1.82, 2.24) is 19.8 Å². The maximum atomic E-state index is 5.43. The van der Waals surface area contributed by atoms with Gasteiger partial charge in [-0.25, -0.2) is 4.98 Å². The van der Waals surface area contributed by atoms with Crippen LogP contribution in [0.2, 0.25) is 0 Å².